The topological polar surface area (TPSA) is 98.7 Å². The first-order chi connectivity index (χ1) is 13.0. The lowest BCUT2D eigenvalue weighted by atomic mass is 9.96. The second-order valence-corrected chi connectivity index (χ2v) is 6.71. The van der Waals surface area contributed by atoms with E-state index < -0.39 is 11.9 Å². The van der Waals surface area contributed by atoms with Crippen LogP contribution in [0.2, 0.25) is 0 Å². The lowest BCUT2D eigenvalue weighted by Gasteiger charge is -2.27. The number of nitrogens with one attached hydrogen (secondary N) is 1. The Morgan fingerprint density at radius 3 is 2.52 bits per heavy atom. The third-order valence-corrected chi connectivity index (χ3v) is 4.90. The van der Waals surface area contributed by atoms with E-state index in [2.05, 4.69) is 41.3 Å². The van der Waals surface area contributed by atoms with Crippen molar-refractivity contribution in [2.24, 2.45) is 5.73 Å². The van der Waals surface area contributed by atoms with Crippen LogP contribution in [0.1, 0.15) is 29.7 Å². The molecule has 0 spiro atoms. The number of carbonyl (C=O) groups is 1. The molecule has 136 valence electrons. The minimum absolute atomic E-state index is 0.449. The van der Waals surface area contributed by atoms with Crippen LogP contribution < -0.4 is 11.1 Å². The fraction of sp³-hybridized carbons (Fsp3) is 0.200. The summed E-state index contributed by atoms with van der Waals surface area (Å²) in [4.78, 5) is 20.9. The summed E-state index contributed by atoms with van der Waals surface area (Å²) >= 11 is 0. The van der Waals surface area contributed by atoms with Gasteiger partial charge in [-0.3, -0.25) is 9.78 Å². The van der Waals surface area contributed by atoms with Crippen molar-refractivity contribution < 1.29 is 4.79 Å². The van der Waals surface area contributed by atoms with Crippen molar-refractivity contribution in [3.05, 3.63) is 70.7 Å². The summed E-state index contributed by atoms with van der Waals surface area (Å²) in [6, 6.07) is 9.38. The van der Waals surface area contributed by atoms with Gasteiger partial charge in [-0.15, -0.1) is 5.10 Å². The number of aromatic nitrogens is 4. The first kappa shape index (κ1) is 17.0. The summed E-state index contributed by atoms with van der Waals surface area (Å²) in [7, 11) is 0. The molecule has 3 aromatic rings. The smallest absolute Gasteiger partial charge is 0.248 e. The van der Waals surface area contributed by atoms with Crippen LogP contribution in [-0.2, 0) is 4.79 Å². The molecule has 0 radical (unpaired) electrons. The predicted molar refractivity (Wildman–Crippen MR) is 103 cm³/mol. The fourth-order valence-corrected chi connectivity index (χ4v) is 3.33. The minimum atomic E-state index is -0.490. The number of benzene rings is 1. The number of nitrogens with two attached hydrogens (primary N) is 1. The van der Waals surface area contributed by atoms with E-state index in [1.807, 2.05) is 25.1 Å². The highest BCUT2D eigenvalue weighted by Gasteiger charge is 2.33. The second kappa shape index (κ2) is 6.35. The van der Waals surface area contributed by atoms with Gasteiger partial charge in [0.15, 0.2) is 5.82 Å². The number of hydrogen-bond acceptors (Lipinski definition) is 5. The van der Waals surface area contributed by atoms with Crippen LogP contribution in [0.15, 0.2) is 54.0 Å². The van der Waals surface area contributed by atoms with Gasteiger partial charge in [0.25, 0.3) is 0 Å². The average molecular weight is 360 g/mol. The molecule has 1 aliphatic heterocycles. The van der Waals surface area contributed by atoms with Gasteiger partial charge >= 0.3 is 0 Å². The fourth-order valence-electron chi connectivity index (χ4n) is 3.33. The number of pyridine rings is 1. The number of fused-ring (bicyclic) bond motifs is 1. The molecule has 7 heteroatoms. The Kier molecular flexibility index (Phi) is 3.99. The maximum atomic E-state index is 12.2. The molecule has 2 aromatic heterocycles. The van der Waals surface area contributed by atoms with E-state index in [9.17, 15) is 4.79 Å². The number of hydrogen-bond donors (Lipinski definition) is 2. The zero-order chi connectivity index (χ0) is 19.1. The lowest BCUT2D eigenvalue weighted by molar-refractivity contribution is -0.115. The van der Waals surface area contributed by atoms with Gasteiger partial charge < -0.3 is 11.1 Å². The Hall–Kier alpha value is -3.48. The summed E-state index contributed by atoms with van der Waals surface area (Å²) in [5.74, 6) is 0.682. The monoisotopic (exact) mass is 360 g/mol. The first-order valence-corrected chi connectivity index (χ1v) is 8.67. The van der Waals surface area contributed by atoms with Crippen molar-refractivity contribution in [3.8, 4) is 11.4 Å². The number of carbonyl (C=O) groups excluding carboxylic acids is 1. The van der Waals surface area contributed by atoms with Crippen molar-refractivity contribution in [2.75, 3.05) is 5.32 Å². The summed E-state index contributed by atoms with van der Waals surface area (Å²) in [5, 5.41) is 7.86. The van der Waals surface area contributed by atoms with Gasteiger partial charge in [-0.25, -0.2) is 4.68 Å². The molecule has 1 aliphatic rings. The highest BCUT2D eigenvalue weighted by molar-refractivity contribution is 5.95. The molecule has 1 unspecified atom stereocenters. The van der Waals surface area contributed by atoms with E-state index in [1.165, 1.54) is 11.1 Å². The molecular weight excluding hydrogens is 340 g/mol. The maximum absolute atomic E-state index is 12.2. The molecule has 3 N–H and O–H groups in total. The standard InChI is InChI=1S/C20H20N6O/c1-11-4-5-15(10-12(11)2)19-24-20-23-13(3)16(18(21)27)17(26(20)25-19)14-6-8-22-9-7-14/h4-10,17H,1-3H3,(H2,21,27)(H,23,24,25). The van der Waals surface area contributed by atoms with Gasteiger partial charge in [0.2, 0.25) is 11.9 Å². The quantitative estimate of drug-likeness (QED) is 0.748. The number of primary amides is 1. The number of nitrogens with zero attached hydrogens (tertiary/aromatic N) is 4. The van der Waals surface area contributed by atoms with Crippen LogP contribution in [0.4, 0.5) is 5.95 Å². The molecule has 0 saturated carbocycles. The van der Waals surface area contributed by atoms with Gasteiger partial charge in [-0.05, 0) is 55.7 Å². The number of aryl methyl sites for hydroxylation is 2. The Bertz CT molecular complexity index is 1070. The van der Waals surface area contributed by atoms with Crippen molar-refractivity contribution >= 4 is 11.9 Å². The first-order valence-electron chi connectivity index (χ1n) is 8.67. The van der Waals surface area contributed by atoms with E-state index in [-0.39, 0.29) is 0 Å². The van der Waals surface area contributed by atoms with Crippen molar-refractivity contribution in [1.82, 2.24) is 19.7 Å². The summed E-state index contributed by atoms with van der Waals surface area (Å²) in [6.07, 6.45) is 3.37. The van der Waals surface area contributed by atoms with Gasteiger partial charge in [0.05, 0.1) is 5.57 Å². The zero-order valence-electron chi connectivity index (χ0n) is 15.4. The van der Waals surface area contributed by atoms with Gasteiger partial charge in [-0.2, -0.15) is 4.98 Å². The largest absolute Gasteiger partial charge is 0.366 e. The van der Waals surface area contributed by atoms with Crippen LogP contribution in [0.5, 0.6) is 0 Å². The third kappa shape index (κ3) is 2.87. The number of rotatable bonds is 3. The molecule has 0 saturated heterocycles. The summed E-state index contributed by atoms with van der Waals surface area (Å²) in [5.41, 5.74) is 11.0. The average Bonchev–Trinajstić information content (AvgIpc) is 3.06. The van der Waals surface area contributed by atoms with E-state index in [0.717, 1.165) is 11.1 Å². The van der Waals surface area contributed by atoms with Crippen LogP contribution in [0.3, 0.4) is 0 Å². The molecule has 1 amide bonds. The summed E-state index contributed by atoms with van der Waals surface area (Å²) in [6.45, 7) is 5.95. The van der Waals surface area contributed by atoms with E-state index in [1.54, 1.807) is 17.1 Å². The van der Waals surface area contributed by atoms with Crippen LogP contribution in [-0.4, -0.2) is 25.7 Å². The number of allylic oxidation sites excluding steroid dienone is 1. The molecule has 3 heterocycles. The maximum Gasteiger partial charge on any atom is 0.248 e. The molecule has 4 rings (SSSR count). The molecule has 1 aromatic carbocycles. The number of amides is 1. The number of anilines is 1. The van der Waals surface area contributed by atoms with Gasteiger partial charge in [0, 0.05) is 23.7 Å². The van der Waals surface area contributed by atoms with Crippen molar-refractivity contribution in [2.45, 2.75) is 26.8 Å². The van der Waals surface area contributed by atoms with Crippen LogP contribution in [0, 0.1) is 13.8 Å². The van der Waals surface area contributed by atoms with Crippen molar-refractivity contribution in [1.29, 1.82) is 0 Å². The molecule has 1 atom stereocenters. The van der Waals surface area contributed by atoms with Crippen LogP contribution >= 0.6 is 0 Å². The molecule has 0 bridgehead atoms. The van der Waals surface area contributed by atoms with E-state index >= 15 is 0 Å². The van der Waals surface area contributed by atoms with Gasteiger partial charge in [-0.1, -0.05) is 12.1 Å². The van der Waals surface area contributed by atoms with E-state index in [4.69, 9.17) is 10.8 Å². The van der Waals surface area contributed by atoms with Crippen LogP contribution in [0.25, 0.3) is 11.4 Å². The zero-order valence-corrected chi connectivity index (χ0v) is 15.4. The minimum Gasteiger partial charge on any atom is -0.366 e. The molecule has 0 fully saturated rings. The molecule has 27 heavy (non-hydrogen) atoms. The Labute approximate surface area is 157 Å². The highest BCUT2D eigenvalue weighted by atomic mass is 16.1. The van der Waals surface area contributed by atoms with Crippen molar-refractivity contribution in [3.63, 3.8) is 0 Å². The Morgan fingerprint density at radius 1 is 1.11 bits per heavy atom. The van der Waals surface area contributed by atoms with Gasteiger partial charge in [0.1, 0.15) is 6.04 Å². The molecule has 0 aliphatic carbocycles. The highest BCUT2D eigenvalue weighted by Crippen LogP contribution is 2.35. The molecule has 7 nitrogen and oxygen atoms in total. The normalized spacial score (nSPS) is 16.0. The predicted octanol–water partition coefficient (Wildman–Crippen LogP) is 2.73. The molecular formula is C20H20N6O. The SMILES string of the molecule is CC1=C(C(N)=O)C(c2ccncc2)n2nc(-c3ccc(C)c(C)c3)nc2N1. The Balaban J connectivity index is 1.87. The Morgan fingerprint density at radius 2 is 1.85 bits per heavy atom. The lowest BCUT2D eigenvalue weighted by Crippen LogP contribution is -2.31. The van der Waals surface area contributed by atoms with E-state index in [0.29, 0.717) is 23.0 Å². The third-order valence-electron chi connectivity index (χ3n) is 4.90. The second-order valence-electron chi connectivity index (χ2n) is 6.71. The summed E-state index contributed by atoms with van der Waals surface area (Å²) < 4.78 is 1.72.